The molecule has 94 valence electrons. The molecule has 0 atom stereocenters. The van der Waals surface area contributed by atoms with Crippen molar-refractivity contribution in [3.63, 3.8) is 0 Å². The molecule has 4 heteroatoms. The van der Waals surface area contributed by atoms with Crippen molar-refractivity contribution in [1.29, 1.82) is 0 Å². The van der Waals surface area contributed by atoms with Gasteiger partial charge in [-0.3, -0.25) is 4.79 Å². The van der Waals surface area contributed by atoms with Crippen LogP contribution in [0.1, 0.15) is 12.0 Å². The highest BCUT2D eigenvalue weighted by Gasteiger charge is 2.11. The van der Waals surface area contributed by atoms with E-state index in [1.165, 1.54) is 4.90 Å². The molecule has 0 aromatic heterocycles. The van der Waals surface area contributed by atoms with Crippen LogP contribution in [0.15, 0.2) is 30.3 Å². The Morgan fingerprint density at radius 3 is 2.18 bits per heavy atom. The summed E-state index contributed by atoms with van der Waals surface area (Å²) in [7, 11) is 0. The molecule has 4 nitrogen and oxygen atoms in total. The van der Waals surface area contributed by atoms with Crippen molar-refractivity contribution < 1.29 is 15.0 Å². The van der Waals surface area contributed by atoms with E-state index in [9.17, 15) is 4.79 Å². The Morgan fingerprint density at radius 1 is 1.06 bits per heavy atom. The lowest BCUT2D eigenvalue weighted by Gasteiger charge is -2.20. The Hall–Kier alpha value is -1.39. The third-order valence-corrected chi connectivity index (χ3v) is 2.56. The summed E-state index contributed by atoms with van der Waals surface area (Å²) in [5, 5.41) is 17.6. The maximum atomic E-state index is 11.8. The number of aryl methyl sites for hydroxylation is 1. The molecule has 0 radical (unpaired) electrons. The quantitative estimate of drug-likeness (QED) is 0.723. The fraction of sp³-hybridized carbons (Fsp3) is 0.462. The summed E-state index contributed by atoms with van der Waals surface area (Å²) >= 11 is 0. The van der Waals surface area contributed by atoms with Crippen molar-refractivity contribution in [2.45, 2.75) is 12.8 Å². The minimum absolute atomic E-state index is 0.0306. The van der Waals surface area contributed by atoms with Gasteiger partial charge in [-0.1, -0.05) is 30.3 Å². The van der Waals surface area contributed by atoms with Crippen molar-refractivity contribution in [2.75, 3.05) is 26.3 Å². The SMILES string of the molecule is O=C(CCc1ccccc1)N(CCO)CCO. The molecular formula is C13H19NO3. The lowest BCUT2D eigenvalue weighted by atomic mass is 10.1. The van der Waals surface area contributed by atoms with Crippen LogP contribution in [0, 0.1) is 0 Å². The van der Waals surface area contributed by atoms with Crippen LogP contribution < -0.4 is 0 Å². The van der Waals surface area contributed by atoms with Gasteiger partial charge in [0.1, 0.15) is 0 Å². The van der Waals surface area contributed by atoms with Crippen LogP contribution in [0.3, 0.4) is 0 Å². The molecule has 2 N–H and O–H groups in total. The molecular weight excluding hydrogens is 218 g/mol. The molecule has 1 aromatic rings. The molecule has 0 heterocycles. The van der Waals surface area contributed by atoms with E-state index < -0.39 is 0 Å². The van der Waals surface area contributed by atoms with Gasteiger partial charge < -0.3 is 15.1 Å². The largest absolute Gasteiger partial charge is 0.395 e. The number of benzene rings is 1. The van der Waals surface area contributed by atoms with Gasteiger partial charge in [-0.15, -0.1) is 0 Å². The Labute approximate surface area is 101 Å². The van der Waals surface area contributed by atoms with E-state index in [1.807, 2.05) is 30.3 Å². The van der Waals surface area contributed by atoms with Crippen LogP contribution in [0.2, 0.25) is 0 Å². The van der Waals surface area contributed by atoms with Crippen LogP contribution >= 0.6 is 0 Å². The van der Waals surface area contributed by atoms with Crippen molar-refractivity contribution in [2.24, 2.45) is 0 Å². The molecule has 0 spiro atoms. The summed E-state index contributed by atoms with van der Waals surface area (Å²) in [6.07, 6.45) is 1.09. The molecule has 0 bridgehead atoms. The Kier molecular flexibility index (Phi) is 6.29. The molecule has 0 aliphatic rings. The van der Waals surface area contributed by atoms with Gasteiger partial charge in [0.25, 0.3) is 0 Å². The minimum atomic E-state index is -0.0723. The first kappa shape index (κ1) is 13.7. The summed E-state index contributed by atoms with van der Waals surface area (Å²) in [6, 6.07) is 9.79. The molecule has 1 rings (SSSR count). The third-order valence-electron chi connectivity index (χ3n) is 2.56. The average molecular weight is 237 g/mol. The van der Waals surface area contributed by atoms with Crippen molar-refractivity contribution in [1.82, 2.24) is 4.90 Å². The number of aliphatic hydroxyl groups excluding tert-OH is 2. The zero-order valence-corrected chi connectivity index (χ0v) is 9.88. The average Bonchev–Trinajstić information content (AvgIpc) is 2.37. The molecule has 1 amide bonds. The first-order valence-corrected chi connectivity index (χ1v) is 5.81. The smallest absolute Gasteiger partial charge is 0.223 e. The molecule has 0 unspecified atom stereocenters. The number of hydrogen-bond acceptors (Lipinski definition) is 3. The predicted molar refractivity (Wildman–Crippen MR) is 65.5 cm³/mol. The second kappa shape index (κ2) is 7.81. The number of rotatable bonds is 7. The van der Waals surface area contributed by atoms with E-state index in [0.717, 1.165) is 5.56 Å². The van der Waals surface area contributed by atoms with Gasteiger partial charge >= 0.3 is 0 Å². The number of carbonyl (C=O) groups excluding carboxylic acids is 1. The van der Waals surface area contributed by atoms with Crippen molar-refractivity contribution >= 4 is 5.91 Å². The van der Waals surface area contributed by atoms with Crippen LogP contribution in [-0.4, -0.2) is 47.3 Å². The first-order valence-electron chi connectivity index (χ1n) is 5.81. The van der Waals surface area contributed by atoms with Crippen LogP contribution in [0.25, 0.3) is 0 Å². The van der Waals surface area contributed by atoms with Crippen LogP contribution in [-0.2, 0) is 11.2 Å². The molecule has 0 saturated carbocycles. The van der Waals surface area contributed by atoms with Gasteiger partial charge in [-0.25, -0.2) is 0 Å². The standard InChI is InChI=1S/C13H19NO3/c15-10-8-14(9-11-16)13(17)7-6-12-4-2-1-3-5-12/h1-5,15-16H,6-11H2. The van der Waals surface area contributed by atoms with E-state index in [4.69, 9.17) is 10.2 Å². The first-order chi connectivity index (χ1) is 8.27. The molecule has 0 aliphatic carbocycles. The van der Waals surface area contributed by atoms with Gasteiger partial charge in [0.15, 0.2) is 0 Å². The topological polar surface area (TPSA) is 60.8 Å². The number of amides is 1. The second-order valence-electron chi connectivity index (χ2n) is 3.81. The predicted octanol–water partition coefficient (Wildman–Crippen LogP) is 0.432. The molecule has 0 fully saturated rings. The van der Waals surface area contributed by atoms with E-state index in [2.05, 4.69) is 0 Å². The normalized spacial score (nSPS) is 10.2. The third kappa shape index (κ3) is 4.97. The highest BCUT2D eigenvalue weighted by atomic mass is 16.3. The fourth-order valence-corrected chi connectivity index (χ4v) is 1.66. The van der Waals surface area contributed by atoms with E-state index >= 15 is 0 Å². The van der Waals surface area contributed by atoms with Crippen molar-refractivity contribution in [3.05, 3.63) is 35.9 Å². The van der Waals surface area contributed by atoms with Gasteiger partial charge in [0.2, 0.25) is 5.91 Å². The lowest BCUT2D eigenvalue weighted by Crippen LogP contribution is -2.35. The number of nitrogens with zero attached hydrogens (tertiary/aromatic N) is 1. The van der Waals surface area contributed by atoms with Crippen molar-refractivity contribution in [3.8, 4) is 0 Å². The summed E-state index contributed by atoms with van der Waals surface area (Å²) in [6.45, 7) is 0.427. The lowest BCUT2D eigenvalue weighted by molar-refractivity contribution is -0.132. The zero-order valence-electron chi connectivity index (χ0n) is 9.88. The number of carbonyl (C=O) groups is 1. The molecule has 0 saturated heterocycles. The number of aliphatic hydroxyl groups is 2. The Balaban J connectivity index is 2.41. The minimum Gasteiger partial charge on any atom is -0.395 e. The van der Waals surface area contributed by atoms with Crippen LogP contribution in [0.5, 0.6) is 0 Å². The highest BCUT2D eigenvalue weighted by molar-refractivity contribution is 5.76. The maximum absolute atomic E-state index is 11.8. The summed E-state index contributed by atoms with van der Waals surface area (Å²) < 4.78 is 0. The molecule has 1 aromatic carbocycles. The molecule has 17 heavy (non-hydrogen) atoms. The van der Waals surface area contributed by atoms with E-state index in [0.29, 0.717) is 12.8 Å². The van der Waals surface area contributed by atoms with Gasteiger partial charge in [0.05, 0.1) is 13.2 Å². The van der Waals surface area contributed by atoms with Crippen LogP contribution in [0.4, 0.5) is 0 Å². The maximum Gasteiger partial charge on any atom is 0.223 e. The highest BCUT2D eigenvalue weighted by Crippen LogP contribution is 2.04. The molecule has 0 aliphatic heterocycles. The van der Waals surface area contributed by atoms with Gasteiger partial charge in [-0.2, -0.15) is 0 Å². The number of hydrogen-bond donors (Lipinski definition) is 2. The Bertz CT molecular complexity index is 321. The summed E-state index contributed by atoms with van der Waals surface area (Å²) in [4.78, 5) is 13.3. The van der Waals surface area contributed by atoms with Gasteiger partial charge in [0, 0.05) is 19.5 Å². The monoisotopic (exact) mass is 237 g/mol. The summed E-state index contributed by atoms with van der Waals surface area (Å²) in [5.74, 6) is -0.0306. The van der Waals surface area contributed by atoms with Gasteiger partial charge in [-0.05, 0) is 12.0 Å². The summed E-state index contributed by atoms with van der Waals surface area (Å²) in [5.41, 5.74) is 1.12. The van der Waals surface area contributed by atoms with E-state index in [1.54, 1.807) is 0 Å². The second-order valence-corrected chi connectivity index (χ2v) is 3.81. The Morgan fingerprint density at radius 2 is 1.65 bits per heavy atom. The van der Waals surface area contributed by atoms with E-state index in [-0.39, 0.29) is 32.2 Å². The zero-order chi connectivity index (χ0) is 12.5. The fourth-order valence-electron chi connectivity index (χ4n) is 1.66.